The molecule has 1 saturated carbocycles. The quantitative estimate of drug-likeness (QED) is 0.701. The monoisotopic (exact) mass is 414 g/mol. The summed E-state index contributed by atoms with van der Waals surface area (Å²) in [4.78, 5) is 0. The minimum atomic E-state index is -1.98. The molecule has 142 valence electrons. The average Bonchev–Trinajstić information content (AvgIpc) is 2.80. The first-order valence-electron chi connectivity index (χ1n) is 9.05. The number of nitrogens with zero attached hydrogens (tertiary/aromatic N) is 3. The highest BCUT2D eigenvalue weighted by Gasteiger charge is 2.80. The van der Waals surface area contributed by atoms with Gasteiger partial charge in [0.2, 0.25) is 17.1 Å². The Morgan fingerprint density at radius 2 is 1.82 bits per heavy atom. The van der Waals surface area contributed by atoms with E-state index in [-0.39, 0.29) is 10.9 Å². The van der Waals surface area contributed by atoms with Crippen molar-refractivity contribution in [1.29, 1.82) is 21.2 Å². The summed E-state index contributed by atoms with van der Waals surface area (Å²) in [5.41, 5.74) is -3.33. The van der Waals surface area contributed by atoms with E-state index in [4.69, 9.17) is 38.1 Å². The number of halogens is 2. The zero-order valence-electron chi connectivity index (χ0n) is 14.8. The van der Waals surface area contributed by atoms with Gasteiger partial charge in [0, 0.05) is 22.0 Å². The fourth-order valence-electron chi connectivity index (χ4n) is 5.03. The van der Waals surface area contributed by atoms with Crippen LogP contribution in [0.1, 0.15) is 43.8 Å². The Balaban J connectivity index is 2.02. The van der Waals surface area contributed by atoms with Crippen molar-refractivity contribution in [1.82, 2.24) is 0 Å². The smallest absolute Gasteiger partial charge is 0.217 e. The van der Waals surface area contributed by atoms with Crippen molar-refractivity contribution in [2.24, 2.45) is 16.7 Å². The van der Waals surface area contributed by atoms with Gasteiger partial charge in [0.25, 0.3) is 0 Å². The molecule has 28 heavy (non-hydrogen) atoms. The van der Waals surface area contributed by atoms with E-state index in [2.05, 4.69) is 6.07 Å². The molecule has 2 heterocycles. The predicted molar refractivity (Wildman–Crippen MR) is 100 cm³/mol. The molecule has 1 aliphatic carbocycles. The van der Waals surface area contributed by atoms with Crippen LogP contribution < -0.4 is 0 Å². The zero-order valence-corrected chi connectivity index (χ0v) is 16.3. The Morgan fingerprint density at radius 3 is 2.46 bits per heavy atom. The van der Waals surface area contributed by atoms with Crippen molar-refractivity contribution in [3.63, 3.8) is 0 Å². The molecular weight excluding hydrogens is 399 g/mol. The van der Waals surface area contributed by atoms with Crippen LogP contribution in [0.25, 0.3) is 0 Å². The maximum absolute atomic E-state index is 10.3. The van der Waals surface area contributed by atoms with Gasteiger partial charge in [0.15, 0.2) is 5.41 Å². The molecule has 2 bridgehead atoms. The SMILES string of the molecule is N#CC1(C#N)C(c2ccc(Cl)cc2Cl)OC23CCCCCC2C1(C#N)C(=N)O3. The van der Waals surface area contributed by atoms with Gasteiger partial charge in [-0.05, 0) is 25.0 Å². The highest BCUT2D eigenvalue weighted by molar-refractivity contribution is 6.35. The van der Waals surface area contributed by atoms with Crippen LogP contribution >= 0.6 is 23.2 Å². The van der Waals surface area contributed by atoms with Crippen molar-refractivity contribution in [2.75, 3.05) is 0 Å². The lowest BCUT2D eigenvalue weighted by molar-refractivity contribution is -0.284. The fraction of sp³-hybridized carbons (Fsp3) is 0.500. The van der Waals surface area contributed by atoms with Crippen molar-refractivity contribution in [3.05, 3.63) is 33.8 Å². The Morgan fingerprint density at radius 1 is 1.07 bits per heavy atom. The van der Waals surface area contributed by atoms with Gasteiger partial charge in [-0.25, -0.2) is 0 Å². The summed E-state index contributed by atoms with van der Waals surface area (Å²) in [5, 5.41) is 39.8. The summed E-state index contributed by atoms with van der Waals surface area (Å²) < 4.78 is 12.3. The largest absolute Gasteiger partial charge is 0.447 e. The number of hydrogen-bond donors (Lipinski definition) is 1. The second-order valence-corrected chi connectivity index (χ2v) is 8.35. The molecule has 0 radical (unpaired) electrons. The normalized spacial score (nSPS) is 35.5. The summed E-state index contributed by atoms with van der Waals surface area (Å²) in [6, 6.07) is 10.9. The van der Waals surface area contributed by atoms with E-state index in [1.165, 1.54) is 6.07 Å². The summed E-state index contributed by atoms with van der Waals surface area (Å²) in [6.45, 7) is 0. The molecule has 2 saturated heterocycles. The van der Waals surface area contributed by atoms with Gasteiger partial charge in [-0.3, -0.25) is 5.41 Å². The Bertz CT molecular complexity index is 977. The highest BCUT2D eigenvalue weighted by atomic mass is 35.5. The minimum absolute atomic E-state index is 0.231. The lowest BCUT2D eigenvalue weighted by Gasteiger charge is -2.49. The van der Waals surface area contributed by atoms with Crippen LogP contribution in [0, 0.1) is 56.2 Å². The Kier molecular flexibility index (Phi) is 4.32. The van der Waals surface area contributed by atoms with Crippen LogP contribution in [-0.4, -0.2) is 11.7 Å². The zero-order chi connectivity index (χ0) is 20.2. The second-order valence-electron chi connectivity index (χ2n) is 7.51. The van der Waals surface area contributed by atoms with Gasteiger partial charge in [0.05, 0.1) is 24.1 Å². The van der Waals surface area contributed by atoms with Crippen LogP contribution in [0.3, 0.4) is 0 Å². The second kappa shape index (κ2) is 6.36. The number of hydrogen-bond acceptors (Lipinski definition) is 6. The summed E-state index contributed by atoms with van der Waals surface area (Å²) in [7, 11) is 0. The number of rotatable bonds is 1. The van der Waals surface area contributed by atoms with E-state index in [9.17, 15) is 15.8 Å². The molecular formula is C20H16Cl2N4O2. The summed E-state index contributed by atoms with van der Waals surface area (Å²) in [6.07, 6.45) is 2.43. The van der Waals surface area contributed by atoms with Gasteiger partial charge in [-0.15, -0.1) is 0 Å². The van der Waals surface area contributed by atoms with Crippen LogP contribution in [0.5, 0.6) is 0 Å². The molecule has 8 heteroatoms. The van der Waals surface area contributed by atoms with E-state index in [1.807, 2.05) is 12.1 Å². The molecule has 0 aromatic heterocycles. The standard InChI is InChI=1S/C20H16Cl2N4O2/c21-12-5-6-13(14(22)8-12)16-18(9-23,10-24)19(11-25)15-4-2-1-3-7-20(15,27-16)28-17(19)26/h5-6,8,15-16,26H,1-4,7H2. The molecule has 0 amide bonds. The molecule has 4 rings (SSSR count). The van der Waals surface area contributed by atoms with Gasteiger partial charge < -0.3 is 9.47 Å². The van der Waals surface area contributed by atoms with E-state index in [0.717, 1.165) is 19.3 Å². The number of nitrogens with one attached hydrogen (secondary N) is 1. The summed E-state index contributed by atoms with van der Waals surface area (Å²) in [5.74, 6) is -2.15. The third kappa shape index (κ3) is 2.13. The average molecular weight is 415 g/mol. The van der Waals surface area contributed by atoms with Crippen molar-refractivity contribution < 1.29 is 9.47 Å². The molecule has 1 aromatic carbocycles. The maximum Gasteiger partial charge on any atom is 0.217 e. The molecule has 3 aliphatic rings. The third-order valence-corrected chi connectivity index (χ3v) is 6.87. The van der Waals surface area contributed by atoms with Gasteiger partial charge in [0.1, 0.15) is 6.10 Å². The molecule has 2 aliphatic heterocycles. The summed E-state index contributed by atoms with van der Waals surface area (Å²) >= 11 is 12.4. The first kappa shape index (κ1) is 19.0. The Hall–Kier alpha value is -2.30. The molecule has 1 N–H and O–H groups in total. The van der Waals surface area contributed by atoms with E-state index < -0.39 is 28.6 Å². The molecule has 6 nitrogen and oxygen atoms in total. The Labute approximate surface area is 172 Å². The van der Waals surface area contributed by atoms with Gasteiger partial charge in [-0.1, -0.05) is 42.1 Å². The van der Waals surface area contributed by atoms with Crippen LogP contribution in [-0.2, 0) is 9.47 Å². The van der Waals surface area contributed by atoms with Crippen molar-refractivity contribution >= 4 is 29.1 Å². The molecule has 4 atom stereocenters. The van der Waals surface area contributed by atoms with E-state index in [1.54, 1.807) is 12.1 Å². The van der Waals surface area contributed by atoms with Crippen LogP contribution in [0.4, 0.5) is 0 Å². The first-order chi connectivity index (χ1) is 13.4. The predicted octanol–water partition coefficient (Wildman–Crippen LogP) is 4.89. The maximum atomic E-state index is 10.3. The van der Waals surface area contributed by atoms with E-state index >= 15 is 0 Å². The van der Waals surface area contributed by atoms with Crippen molar-refractivity contribution in [3.8, 4) is 18.2 Å². The number of ether oxygens (including phenoxy) is 2. The van der Waals surface area contributed by atoms with E-state index in [0.29, 0.717) is 23.4 Å². The minimum Gasteiger partial charge on any atom is -0.447 e. The van der Waals surface area contributed by atoms with Gasteiger partial charge in [-0.2, -0.15) is 15.8 Å². The first-order valence-corrected chi connectivity index (χ1v) is 9.81. The molecule has 3 fully saturated rings. The number of nitriles is 3. The number of benzene rings is 1. The highest BCUT2D eigenvalue weighted by Crippen LogP contribution is 2.69. The molecule has 4 unspecified atom stereocenters. The third-order valence-electron chi connectivity index (χ3n) is 6.31. The van der Waals surface area contributed by atoms with Crippen LogP contribution in [0.2, 0.25) is 10.0 Å². The lowest BCUT2D eigenvalue weighted by Crippen LogP contribution is -2.59. The lowest BCUT2D eigenvalue weighted by atomic mass is 9.52. The van der Waals surface area contributed by atoms with Crippen molar-refractivity contribution in [2.45, 2.75) is 44.0 Å². The van der Waals surface area contributed by atoms with Crippen LogP contribution in [0.15, 0.2) is 18.2 Å². The molecule has 1 aromatic rings. The van der Waals surface area contributed by atoms with Gasteiger partial charge >= 0.3 is 0 Å². The fourth-order valence-corrected chi connectivity index (χ4v) is 5.54. The molecule has 0 spiro atoms. The topological polar surface area (TPSA) is 114 Å².